The van der Waals surface area contributed by atoms with E-state index in [1.807, 2.05) is 31.4 Å². The van der Waals surface area contributed by atoms with Gasteiger partial charge in [-0.15, -0.1) is 0 Å². The lowest BCUT2D eigenvalue weighted by Crippen LogP contribution is -2.10. The summed E-state index contributed by atoms with van der Waals surface area (Å²) in [6, 6.07) is 18.1. The number of fused-ring (bicyclic) bond motifs is 1. The summed E-state index contributed by atoms with van der Waals surface area (Å²) in [5.74, 6) is 1.19. The number of pyridine rings is 3. The van der Waals surface area contributed by atoms with Crippen LogP contribution in [0, 0.1) is 0 Å². The zero-order valence-electron chi connectivity index (χ0n) is 20.2. The molecule has 3 N–H and O–H groups in total. The molecule has 0 aliphatic carbocycles. The molecule has 0 spiro atoms. The molecule has 4 aromatic heterocycles. The Morgan fingerprint density at radius 3 is 2.56 bits per heavy atom. The number of aromatic nitrogens is 4. The number of carbonyl (C=O) groups is 1. The quantitative estimate of drug-likeness (QED) is 0.263. The third-order valence-electron chi connectivity index (χ3n) is 6.10. The van der Waals surface area contributed by atoms with Gasteiger partial charge in [-0.05, 0) is 42.0 Å². The maximum absolute atomic E-state index is 11.6. The molecule has 0 fully saturated rings. The minimum absolute atomic E-state index is 0.0705. The lowest BCUT2D eigenvalue weighted by Gasteiger charge is -2.12. The first-order chi connectivity index (χ1) is 17.6. The first-order valence-corrected chi connectivity index (χ1v) is 11.7. The molecule has 178 valence electrons. The SMILES string of the molecule is C=C(c1cc2c(-c3cccnc3)cccc2[nH]1)c1cc(-c2ccc(NC(=O)CC)nc2)cnc1NC. The molecule has 1 aromatic carbocycles. The molecule has 5 rings (SSSR count). The van der Waals surface area contributed by atoms with Crippen molar-refractivity contribution >= 4 is 34.0 Å². The van der Waals surface area contributed by atoms with Gasteiger partial charge >= 0.3 is 0 Å². The van der Waals surface area contributed by atoms with Gasteiger partial charge in [-0.3, -0.25) is 9.78 Å². The molecule has 5 aromatic rings. The van der Waals surface area contributed by atoms with Crippen LogP contribution in [0.15, 0.2) is 86.0 Å². The normalized spacial score (nSPS) is 10.8. The molecule has 0 atom stereocenters. The minimum atomic E-state index is -0.0705. The van der Waals surface area contributed by atoms with E-state index in [1.54, 1.807) is 31.6 Å². The number of benzene rings is 1. The van der Waals surface area contributed by atoms with Crippen LogP contribution in [-0.2, 0) is 4.79 Å². The van der Waals surface area contributed by atoms with E-state index in [0.717, 1.165) is 55.8 Å². The monoisotopic (exact) mass is 474 g/mol. The maximum Gasteiger partial charge on any atom is 0.225 e. The predicted octanol–water partition coefficient (Wildman–Crippen LogP) is 6.14. The van der Waals surface area contributed by atoms with E-state index >= 15 is 0 Å². The summed E-state index contributed by atoms with van der Waals surface area (Å²) in [5, 5.41) is 7.05. The van der Waals surface area contributed by atoms with Crippen LogP contribution in [0.5, 0.6) is 0 Å². The fourth-order valence-corrected chi connectivity index (χ4v) is 4.16. The highest BCUT2D eigenvalue weighted by Crippen LogP contribution is 2.35. The van der Waals surface area contributed by atoms with Gasteiger partial charge in [-0.2, -0.15) is 0 Å². The molecule has 1 amide bonds. The molecule has 0 unspecified atom stereocenters. The third-order valence-corrected chi connectivity index (χ3v) is 6.10. The zero-order valence-corrected chi connectivity index (χ0v) is 20.2. The Hall–Kier alpha value is -4.78. The molecule has 36 heavy (non-hydrogen) atoms. The van der Waals surface area contributed by atoms with Crippen LogP contribution in [0.25, 0.3) is 38.7 Å². The fraction of sp³-hybridized carbons (Fsp3) is 0.103. The van der Waals surface area contributed by atoms with Gasteiger partial charge in [-0.1, -0.05) is 31.7 Å². The maximum atomic E-state index is 11.6. The van der Waals surface area contributed by atoms with Crippen molar-refractivity contribution in [3.05, 3.63) is 97.2 Å². The van der Waals surface area contributed by atoms with Crippen molar-refractivity contribution in [1.82, 2.24) is 19.9 Å². The highest BCUT2D eigenvalue weighted by molar-refractivity contribution is 5.99. The lowest BCUT2D eigenvalue weighted by molar-refractivity contribution is -0.115. The van der Waals surface area contributed by atoms with Gasteiger partial charge < -0.3 is 15.6 Å². The first kappa shape index (κ1) is 23.0. The summed E-state index contributed by atoms with van der Waals surface area (Å²) in [6.07, 6.45) is 7.59. The third kappa shape index (κ3) is 4.46. The van der Waals surface area contributed by atoms with E-state index in [9.17, 15) is 4.79 Å². The van der Waals surface area contributed by atoms with Gasteiger partial charge in [0.25, 0.3) is 0 Å². The van der Waals surface area contributed by atoms with Crippen LogP contribution in [0.2, 0.25) is 0 Å². The van der Waals surface area contributed by atoms with Crippen molar-refractivity contribution in [3.63, 3.8) is 0 Å². The standard InChI is InChI=1S/C29H26N6O/c1-4-28(36)35-27-11-10-19(16-32-27)21-13-23(29(30-3)33-17-21)18(2)26-14-24-22(8-5-9-25(24)34-26)20-7-6-12-31-15-20/h5-17,34H,2,4H2,1,3H3,(H,30,33)(H,32,35,36). The number of nitrogens with one attached hydrogen (secondary N) is 3. The second kappa shape index (κ2) is 9.84. The Morgan fingerprint density at radius 1 is 0.972 bits per heavy atom. The van der Waals surface area contributed by atoms with Crippen molar-refractivity contribution in [1.29, 1.82) is 0 Å². The van der Waals surface area contributed by atoms with E-state index in [0.29, 0.717) is 12.2 Å². The average Bonchev–Trinajstić information content (AvgIpc) is 3.38. The van der Waals surface area contributed by atoms with Crippen molar-refractivity contribution in [2.75, 3.05) is 17.7 Å². The number of aromatic amines is 1. The Morgan fingerprint density at radius 2 is 1.83 bits per heavy atom. The van der Waals surface area contributed by atoms with E-state index < -0.39 is 0 Å². The van der Waals surface area contributed by atoms with Crippen LogP contribution in [0.3, 0.4) is 0 Å². The highest BCUT2D eigenvalue weighted by Gasteiger charge is 2.15. The molecule has 7 nitrogen and oxygen atoms in total. The molecule has 0 saturated heterocycles. The van der Waals surface area contributed by atoms with Gasteiger partial charge in [0.2, 0.25) is 5.91 Å². The number of nitrogens with zero attached hydrogens (tertiary/aromatic N) is 3. The highest BCUT2D eigenvalue weighted by atomic mass is 16.1. The number of amides is 1. The van der Waals surface area contributed by atoms with Crippen molar-refractivity contribution in [2.24, 2.45) is 0 Å². The van der Waals surface area contributed by atoms with Gasteiger partial charge in [0.15, 0.2) is 0 Å². The zero-order chi connectivity index (χ0) is 25.1. The van der Waals surface area contributed by atoms with E-state index in [2.05, 4.69) is 67.5 Å². The first-order valence-electron chi connectivity index (χ1n) is 11.7. The van der Waals surface area contributed by atoms with E-state index in [4.69, 9.17) is 0 Å². The Balaban J connectivity index is 1.51. The number of anilines is 2. The number of rotatable bonds is 7. The van der Waals surface area contributed by atoms with Crippen LogP contribution in [-0.4, -0.2) is 32.9 Å². The summed E-state index contributed by atoms with van der Waals surface area (Å²) in [4.78, 5) is 28.4. The van der Waals surface area contributed by atoms with E-state index in [-0.39, 0.29) is 5.91 Å². The number of H-pyrrole nitrogens is 1. The number of hydrogen-bond acceptors (Lipinski definition) is 5. The summed E-state index contributed by atoms with van der Waals surface area (Å²) < 4.78 is 0. The van der Waals surface area contributed by atoms with Gasteiger partial charge in [0.05, 0.1) is 0 Å². The van der Waals surface area contributed by atoms with E-state index in [1.165, 1.54) is 0 Å². The molecule has 0 saturated carbocycles. The average molecular weight is 475 g/mol. The van der Waals surface area contributed by atoms with Gasteiger partial charge in [0, 0.05) is 82.7 Å². The molecule has 0 aliphatic rings. The minimum Gasteiger partial charge on any atom is -0.373 e. The molecule has 4 heterocycles. The molecular weight excluding hydrogens is 448 g/mol. The van der Waals surface area contributed by atoms with Crippen molar-refractivity contribution in [3.8, 4) is 22.3 Å². The Kier molecular flexibility index (Phi) is 6.28. The molecule has 0 radical (unpaired) electrons. The predicted molar refractivity (Wildman–Crippen MR) is 146 cm³/mol. The number of carbonyl (C=O) groups excluding carboxylic acids is 1. The molecule has 0 aliphatic heterocycles. The molecule has 7 heteroatoms. The summed E-state index contributed by atoms with van der Waals surface area (Å²) in [5.41, 5.74) is 7.60. The van der Waals surface area contributed by atoms with Crippen LogP contribution >= 0.6 is 0 Å². The Bertz CT molecular complexity index is 1550. The fourth-order valence-electron chi connectivity index (χ4n) is 4.16. The molecule has 0 bridgehead atoms. The molecular formula is C29H26N6O. The summed E-state index contributed by atoms with van der Waals surface area (Å²) >= 11 is 0. The summed E-state index contributed by atoms with van der Waals surface area (Å²) in [7, 11) is 1.84. The van der Waals surface area contributed by atoms with Gasteiger partial charge in [-0.25, -0.2) is 9.97 Å². The van der Waals surface area contributed by atoms with Crippen LogP contribution < -0.4 is 10.6 Å². The van der Waals surface area contributed by atoms with Crippen molar-refractivity contribution < 1.29 is 4.79 Å². The second-order valence-corrected chi connectivity index (χ2v) is 8.37. The Labute approximate surface area is 209 Å². The second-order valence-electron chi connectivity index (χ2n) is 8.37. The largest absolute Gasteiger partial charge is 0.373 e. The summed E-state index contributed by atoms with van der Waals surface area (Å²) in [6.45, 7) is 6.21. The smallest absolute Gasteiger partial charge is 0.225 e. The lowest BCUT2D eigenvalue weighted by atomic mass is 9.99. The topological polar surface area (TPSA) is 95.6 Å². The number of hydrogen-bond donors (Lipinski definition) is 3. The van der Waals surface area contributed by atoms with Crippen LogP contribution in [0.1, 0.15) is 24.6 Å². The van der Waals surface area contributed by atoms with Crippen molar-refractivity contribution in [2.45, 2.75) is 13.3 Å². The van der Waals surface area contributed by atoms with Gasteiger partial charge in [0.1, 0.15) is 11.6 Å². The van der Waals surface area contributed by atoms with Crippen LogP contribution in [0.4, 0.5) is 11.6 Å².